The van der Waals surface area contributed by atoms with Gasteiger partial charge in [-0.05, 0) is 59.4 Å². The summed E-state index contributed by atoms with van der Waals surface area (Å²) in [6, 6.07) is 0. The Balaban J connectivity index is 3.40. The van der Waals surface area contributed by atoms with Crippen LogP contribution in [0.15, 0.2) is 23.3 Å². The molecule has 0 heterocycles. The molecule has 100 valence electrons. The first-order chi connectivity index (χ1) is 8.16. The van der Waals surface area contributed by atoms with Crippen LogP contribution >= 0.6 is 0 Å². The molecule has 2 heteroatoms. The van der Waals surface area contributed by atoms with E-state index in [4.69, 9.17) is 5.11 Å². The molecular formula is C15H29NO. The number of rotatable bonds is 10. The van der Waals surface area contributed by atoms with Crippen LogP contribution in [0.2, 0.25) is 0 Å². The third-order valence-electron chi connectivity index (χ3n) is 2.70. The molecule has 0 saturated carbocycles. The Morgan fingerprint density at radius 2 is 1.82 bits per heavy atom. The Morgan fingerprint density at radius 3 is 2.47 bits per heavy atom. The molecule has 0 aromatic heterocycles. The van der Waals surface area contributed by atoms with Crippen LogP contribution in [0.5, 0.6) is 0 Å². The zero-order chi connectivity index (χ0) is 12.9. The number of unbranched alkanes of at least 4 members (excludes halogenated alkanes) is 2. The molecule has 0 bridgehead atoms. The van der Waals surface area contributed by atoms with Gasteiger partial charge in [0.1, 0.15) is 0 Å². The summed E-state index contributed by atoms with van der Waals surface area (Å²) in [5.41, 5.74) is 2.87. The van der Waals surface area contributed by atoms with E-state index in [9.17, 15) is 0 Å². The van der Waals surface area contributed by atoms with E-state index in [2.05, 4.69) is 38.2 Å². The lowest BCUT2D eigenvalue weighted by Gasteiger charge is -2.03. The van der Waals surface area contributed by atoms with Crippen LogP contribution in [0.4, 0.5) is 0 Å². The minimum absolute atomic E-state index is 0.323. The maximum atomic E-state index is 8.63. The number of hydrogen-bond acceptors (Lipinski definition) is 2. The highest BCUT2D eigenvalue weighted by Crippen LogP contribution is 2.05. The molecular weight excluding hydrogens is 210 g/mol. The van der Waals surface area contributed by atoms with Crippen LogP contribution < -0.4 is 5.32 Å². The van der Waals surface area contributed by atoms with Crippen LogP contribution in [-0.4, -0.2) is 24.8 Å². The highest BCUT2D eigenvalue weighted by atomic mass is 16.2. The van der Waals surface area contributed by atoms with Gasteiger partial charge < -0.3 is 10.4 Å². The fraction of sp³-hybridized carbons (Fsp3) is 0.733. The molecule has 0 aliphatic carbocycles. The van der Waals surface area contributed by atoms with Crippen molar-refractivity contribution in [3.05, 3.63) is 23.3 Å². The second kappa shape index (κ2) is 11.9. The first-order valence-electron chi connectivity index (χ1n) is 6.77. The van der Waals surface area contributed by atoms with Crippen LogP contribution in [0.1, 0.15) is 52.9 Å². The first kappa shape index (κ1) is 16.4. The number of nitrogens with one attached hydrogen (secondary N) is 1. The summed E-state index contributed by atoms with van der Waals surface area (Å²) in [7, 11) is 0. The van der Waals surface area contributed by atoms with Gasteiger partial charge in [-0.1, -0.05) is 23.3 Å². The molecule has 0 atom stereocenters. The van der Waals surface area contributed by atoms with Gasteiger partial charge in [0.25, 0.3) is 0 Å². The van der Waals surface area contributed by atoms with Crippen LogP contribution in [0.3, 0.4) is 0 Å². The monoisotopic (exact) mass is 239 g/mol. The molecule has 2 N–H and O–H groups in total. The lowest BCUT2D eigenvalue weighted by atomic mass is 10.1. The predicted octanol–water partition coefficient (Wildman–Crippen LogP) is 3.43. The van der Waals surface area contributed by atoms with Crippen molar-refractivity contribution in [1.82, 2.24) is 5.32 Å². The topological polar surface area (TPSA) is 32.3 Å². The molecule has 0 aliphatic heterocycles. The molecule has 0 aromatic carbocycles. The Hall–Kier alpha value is -0.600. The van der Waals surface area contributed by atoms with Gasteiger partial charge in [-0.15, -0.1) is 0 Å². The fourth-order valence-electron chi connectivity index (χ4n) is 1.58. The van der Waals surface area contributed by atoms with Crippen molar-refractivity contribution in [2.75, 3.05) is 19.7 Å². The largest absolute Gasteiger partial charge is 0.396 e. The molecule has 0 rings (SSSR count). The zero-order valence-corrected chi connectivity index (χ0v) is 11.8. The van der Waals surface area contributed by atoms with Gasteiger partial charge in [-0.2, -0.15) is 0 Å². The summed E-state index contributed by atoms with van der Waals surface area (Å²) in [5, 5.41) is 12.0. The molecule has 0 fully saturated rings. The van der Waals surface area contributed by atoms with E-state index < -0.39 is 0 Å². The Bertz CT molecular complexity index is 227. The van der Waals surface area contributed by atoms with Gasteiger partial charge in [-0.3, -0.25) is 0 Å². The fourth-order valence-corrected chi connectivity index (χ4v) is 1.58. The molecule has 2 nitrogen and oxygen atoms in total. The molecule has 0 unspecified atom stereocenters. The highest BCUT2D eigenvalue weighted by molar-refractivity contribution is 5.02. The maximum absolute atomic E-state index is 8.63. The quantitative estimate of drug-likeness (QED) is 0.452. The van der Waals surface area contributed by atoms with Crippen molar-refractivity contribution in [1.29, 1.82) is 0 Å². The molecule has 0 aromatic rings. The van der Waals surface area contributed by atoms with Gasteiger partial charge in [-0.25, -0.2) is 0 Å². The summed E-state index contributed by atoms with van der Waals surface area (Å²) < 4.78 is 0. The van der Waals surface area contributed by atoms with E-state index in [-0.39, 0.29) is 0 Å². The van der Waals surface area contributed by atoms with Gasteiger partial charge >= 0.3 is 0 Å². The van der Waals surface area contributed by atoms with Crippen molar-refractivity contribution >= 4 is 0 Å². The highest BCUT2D eigenvalue weighted by Gasteiger charge is 1.90. The minimum atomic E-state index is 0.323. The third kappa shape index (κ3) is 13.3. The maximum Gasteiger partial charge on any atom is 0.0431 e. The predicted molar refractivity (Wildman–Crippen MR) is 76.2 cm³/mol. The Morgan fingerprint density at radius 1 is 1.06 bits per heavy atom. The third-order valence-corrected chi connectivity index (χ3v) is 2.70. The van der Waals surface area contributed by atoms with Crippen LogP contribution in [0.25, 0.3) is 0 Å². The number of aliphatic hydroxyl groups is 1. The summed E-state index contributed by atoms with van der Waals surface area (Å²) in [4.78, 5) is 0. The second-order valence-corrected chi connectivity index (χ2v) is 4.86. The van der Waals surface area contributed by atoms with Crippen molar-refractivity contribution in [2.45, 2.75) is 52.9 Å². The zero-order valence-electron chi connectivity index (χ0n) is 11.8. The lowest BCUT2D eigenvalue weighted by molar-refractivity contribution is 0.283. The van der Waals surface area contributed by atoms with E-state index in [1.165, 1.54) is 11.1 Å². The lowest BCUT2D eigenvalue weighted by Crippen LogP contribution is -2.15. The van der Waals surface area contributed by atoms with E-state index in [0.29, 0.717) is 6.61 Å². The van der Waals surface area contributed by atoms with Crippen molar-refractivity contribution in [3.8, 4) is 0 Å². The number of allylic oxidation sites excluding steroid dienone is 3. The second-order valence-electron chi connectivity index (χ2n) is 4.86. The minimum Gasteiger partial charge on any atom is -0.396 e. The summed E-state index contributed by atoms with van der Waals surface area (Å²) in [6.45, 7) is 8.84. The summed E-state index contributed by atoms with van der Waals surface area (Å²) in [5.74, 6) is 0. The number of hydrogen-bond donors (Lipinski definition) is 2. The smallest absolute Gasteiger partial charge is 0.0431 e. The molecule has 0 amide bonds. The van der Waals surface area contributed by atoms with Gasteiger partial charge in [0.05, 0.1) is 0 Å². The standard InChI is InChI=1S/C15H29NO/c1-14(2)8-7-9-15(3)10-12-16-11-5-4-6-13-17/h8,10,16-17H,4-7,9,11-13H2,1-3H3/b15-10-. The Kier molecular flexibility index (Phi) is 11.5. The van der Waals surface area contributed by atoms with Crippen molar-refractivity contribution in [2.24, 2.45) is 0 Å². The molecule has 0 saturated heterocycles. The van der Waals surface area contributed by atoms with E-state index in [0.717, 1.165) is 45.2 Å². The van der Waals surface area contributed by atoms with Gasteiger partial charge in [0.15, 0.2) is 0 Å². The number of aliphatic hydroxyl groups excluding tert-OH is 1. The van der Waals surface area contributed by atoms with Crippen molar-refractivity contribution in [3.63, 3.8) is 0 Å². The first-order valence-corrected chi connectivity index (χ1v) is 6.77. The normalized spacial score (nSPS) is 11.6. The van der Waals surface area contributed by atoms with E-state index in [1.54, 1.807) is 0 Å². The SMILES string of the molecule is CC(C)=CCC/C(C)=C\CNCCCCCO. The Labute approximate surface area is 107 Å². The van der Waals surface area contributed by atoms with Crippen LogP contribution in [0, 0.1) is 0 Å². The van der Waals surface area contributed by atoms with Gasteiger partial charge in [0, 0.05) is 13.2 Å². The van der Waals surface area contributed by atoms with E-state index >= 15 is 0 Å². The summed E-state index contributed by atoms with van der Waals surface area (Å²) in [6.07, 6.45) is 10.1. The van der Waals surface area contributed by atoms with Gasteiger partial charge in [0.2, 0.25) is 0 Å². The summed E-state index contributed by atoms with van der Waals surface area (Å²) >= 11 is 0. The molecule has 0 aliphatic rings. The van der Waals surface area contributed by atoms with E-state index in [1.807, 2.05) is 0 Å². The molecule has 0 spiro atoms. The molecule has 17 heavy (non-hydrogen) atoms. The average molecular weight is 239 g/mol. The average Bonchev–Trinajstić information content (AvgIpc) is 2.27. The van der Waals surface area contributed by atoms with Crippen LogP contribution in [-0.2, 0) is 0 Å². The van der Waals surface area contributed by atoms with Crippen molar-refractivity contribution < 1.29 is 5.11 Å². The molecule has 0 radical (unpaired) electrons.